The topological polar surface area (TPSA) is 67.6 Å². The lowest BCUT2D eigenvalue weighted by Gasteiger charge is -2.20. The fourth-order valence-corrected chi connectivity index (χ4v) is 3.08. The number of alkyl halides is 2. The quantitative estimate of drug-likeness (QED) is 0.679. The van der Waals surface area contributed by atoms with Gasteiger partial charge in [-0.15, -0.1) is 0 Å². The number of rotatable bonds is 4. The number of nitro groups is 1. The van der Waals surface area contributed by atoms with Crippen molar-refractivity contribution >= 4 is 11.4 Å². The van der Waals surface area contributed by atoms with Crippen LogP contribution in [0, 0.1) is 22.0 Å². The molecule has 0 bridgehead atoms. The number of hydrogen-bond donors (Lipinski definition) is 1. The highest BCUT2D eigenvalue weighted by Gasteiger charge is 2.36. The van der Waals surface area contributed by atoms with Crippen molar-refractivity contribution in [1.82, 2.24) is 5.32 Å². The Bertz CT molecular complexity index is 584. The third-order valence-corrected chi connectivity index (χ3v) is 4.08. The Labute approximate surface area is 121 Å². The average Bonchev–Trinajstić information content (AvgIpc) is 2.96. The summed E-state index contributed by atoms with van der Waals surface area (Å²) in [5.74, 6) is 0.409. The second kappa shape index (κ2) is 5.44. The largest absolute Gasteiger partial charge is 0.427 e. The summed E-state index contributed by atoms with van der Waals surface area (Å²) in [7, 11) is 0. The summed E-state index contributed by atoms with van der Waals surface area (Å²) in [4.78, 5) is 12.1. The maximum absolute atomic E-state index is 12.7. The van der Waals surface area contributed by atoms with E-state index in [-0.39, 0.29) is 0 Å². The minimum atomic E-state index is -4.21. The molecule has 3 rings (SSSR count). The molecule has 0 aromatic heterocycles. The van der Waals surface area contributed by atoms with Crippen LogP contribution >= 0.6 is 0 Å². The lowest BCUT2D eigenvalue weighted by molar-refractivity contribution is -0.386. The molecule has 2 aliphatic heterocycles. The molecule has 1 N–H and O–H groups in total. The SMILES string of the molecule is [2H]C(F)(F)Oc1cc(N2C[C@H]3CNC[C@H]3C2)ccc1[N+](=O)[O-]. The third kappa shape index (κ3) is 2.76. The summed E-state index contributed by atoms with van der Waals surface area (Å²) in [5.41, 5.74) is 0.0241. The van der Waals surface area contributed by atoms with Crippen molar-refractivity contribution in [3.63, 3.8) is 0 Å². The Morgan fingerprint density at radius 1 is 1.43 bits per heavy atom. The maximum Gasteiger partial charge on any atom is 0.387 e. The van der Waals surface area contributed by atoms with Gasteiger partial charge in [0.2, 0.25) is 5.75 Å². The molecule has 0 aliphatic carbocycles. The summed E-state index contributed by atoms with van der Waals surface area (Å²) < 4.78 is 36.1. The second-order valence-electron chi connectivity index (χ2n) is 5.32. The summed E-state index contributed by atoms with van der Waals surface area (Å²) in [6.07, 6.45) is 0. The molecule has 21 heavy (non-hydrogen) atoms. The lowest BCUT2D eigenvalue weighted by Crippen LogP contribution is -2.25. The molecule has 0 unspecified atom stereocenters. The fourth-order valence-electron chi connectivity index (χ4n) is 3.08. The number of hydrogen-bond acceptors (Lipinski definition) is 5. The van der Waals surface area contributed by atoms with Gasteiger partial charge in [0.15, 0.2) is 1.37 Å². The molecule has 2 aliphatic rings. The van der Waals surface area contributed by atoms with Crippen molar-refractivity contribution in [2.45, 2.75) is 6.59 Å². The number of anilines is 1. The molecule has 114 valence electrons. The highest BCUT2D eigenvalue weighted by Crippen LogP contribution is 2.36. The number of ether oxygens (including phenoxy) is 1. The first-order valence-electron chi connectivity index (χ1n) is 7.14. The minimum absolute atomic E-state index is 0.497. The highest BCUT2D eigenvalue weighted by atomic mass is 19.3. The van der Waals surface area contributed by atoms with Crippen LogP contribution in [0.5, 0.6) is 5.75 Å². The Morgan fingerprint density at radius 3 is 2.67 bits per heavy atom. The van der Waals surface area contributed by atoms with Crippen LogP contribution in [0.15, 0.2) is 18.2 Å². The van der Waals surface area contributed by atoms with Crippen molar-refractivity contribution in [1.29, 1.82) is 0 Å². The van der Waals surface area contributed by atoms with Gasteiger partial charge < -0.3 is 15.0 Å². The Hall–Kier alpha value is -1.96. The first-order chi connectivity index (χ1) is 10.3. The van der Waals surface area contributed by atoms with Crippen molar-refractivity contribution in [2.75, 3.05) is 31.1 Å². The van der Waals surface area contributed by atoms with Crippen LogP contribution in [0.2, 0.25) is 0 Å². The van der Waals surface area contributed by atoms with Crippen LogP contribution in [-0.2, 0) is 0 Å². The summed E-state index contributed by atoms with van der Waals surface area (Å²) >= 11 is 0. The molecule has 0 radical (unpaired) electrons. The van der Waals surface area contributed by atoms with E-state index in [4.69, 9.17) is 1.37 Å². The van der Waals surface area contributed by atoms with E-state index in [2.05, 4.69) is 10.1 Å². The number of benzene rings is 1. The monoisotopic (exact) mass is 300 g/mol. The van der Waals surface area contributed by atoms with Crippen molar-refractivity contribution in [2.24, 2.45) is 11.8 Å². The fraction of sp³-hybridized carbons (Fsp3) is 0.538. The predicted octanol–water partition coefficient (Wildman–Crippen LogP) is 1.85. The molecule has 2 atom stereocenters. The van der Waals surface area contributed by atoms with Gasteiger partial charge in [0.1, 0.15) is 0 Å². The number of fused-ring (bicyclic) bond motifs is 1. The first-order valence-corrected chi connectivity index (χ1v) is 6.64. The maximum atomic E-state index is 12.7. The number of nitrogens with one attached hydrogen (secondary N) is 1. The zero-order chi connectivity index (χ0) is 15.9. The molecule has 1 aromatic rings. The van der Waals surface area contributed by atoms with Crippen LogP contribution in [0.4, 0.5) is 20.2 Å². The van der Waals surface area contributed by atoms with E-state index in [0.717, 1.165) is 32.2 Å². The molecule has 2 saturated heterocycles. The van der Waals surface area contributed by atoms with Crippen LogP contribution in [-0.4, -0.2) is 37.7 Å². The van der Waals surface area contributed by atoms with Crippen LogP contribution in [0.1, 0.15) is 1.37 Å². The highest BCUT2D eigenvalue weighted by molar-refractivity contribution is 5.60. The predicted molar refractivity (Wildman–Crippen MR) is 71.8 cm³/mol. The van der Waals surface area contributed by atoms with E-state index in [0.29, 0.717) is 17.5 Å². The molecular weight excluding hydrogens is 284 g/mol. The van der Waals surface area contributed by atoms with Gasteiger partial charge in [0.25, 0.3) is 0 Å². The minimum Gasteiger partial charge on any atom is -0.427 e. The Morgan fingerprint density at radius 2 is 2.10 bits per heavy atom. The zero-order valence-electron chi connectivity index (χ0n) is 12.1. The van der Waals surface area contributed by atoms with E-state index >= 15 is 0 Å². The van der Waals surface area contributed by atoms with Gasteiger partial charge >= 0.3 is 12.3 Å². The van der Waals surface area contributed by atoms with E-state index in [1.165, 1.54) is 12.1 Å². The van der Waals surface area contributed by atoms with Gasteiger partial charge in [-0.25, -0.2) is 0 Å². The standard InChI is InChI=1S/C13H15F2N3O3/c14-13(15)21-12-3-10(1-2-11(12)18(19)20)17-6-8-4-16-5-9(8)7-17/h1-3,8-9,13,16H,4-7H2/t8-,9+/i13D. The van der Waals surface area contributed by atoms with Gasteiger partial charge in [-0.3, -0.25) is 10.1 Å². The van der Waals surface area contributed by atoms with E-state index in [1.807, 2.05) is 4.90 Å². The number of nitrogens with zero attached hydrogens (tertiary/aromatic N) is 2. The molecule has 0 saturated carbocycles. The van der Waals surface area contributed by atoms with Gasteiger partial charge in [-0.05, 0) is 17.9 Å². The Kier molecular flexibility index (Phi) is 3.30. The number of nitro benzene ring substituents is 1. The average molecular weight is 300 g/mol. The molecule has 1 aromatic carbocycles. The molecule has 2 heterocycles. The molecule has 6 nitrogen and oxygen atoms in total. The third-order valence-electron chi connectivity index (χ3n) is 4.08. The summed E-state index contributed by atoms with van der Waals surface area (Å²) in [6, 6.07) is 3.89. The molecule has 2 fully saturated rings. The molecular formula is C13H15F2N3O3. The van der Waals surface area contributed by atoms with Crippen molar-refractivity contribution < 1.29 is 19.8 Å². The zero-order valence-corrected chi connectivity index (χ0v) is 11.1. The second-order valence-corrected chi connectivity index (χ2v) is 5.32. The van der Waals surface area contributed by atoms with Gasteiger partial charge in [-0.2, -0.15) is 8.78 Å². The Balaban J connectivity index is 1.86. The van der Waals surface area contributed by atoms with Crippen molar-refractivity contribution in [3.05, 3.63) is 28.3 Å². The molecule has 0 amide bonds. The first kappa shape index (κ1) is 12.8. The summed E-state index contributed by atoms with van der Waals surface area (Å²) in [5, 5.41) is 14.2. The lowest BCUT2D eigenvalue weighted by atomic mass is 10.0. The number of halogens is 2. The van der Waals surface area contributed by atoms with Crippen LogP contribution < -0.4 is 15.0 Å². The molecule has 0 spiro atoms. The van der Waals surface area contributed by atoms with Crippen LogP contribution in [0.3, 0.4) is 0 Å². The van der Waals surface area contributed by atoms with E-state index in [1.54, 1.807) is 0 Å². The normalized spacial score (nSPS) is 25.6. The van der Waals surface area contributed by atoms with Gasteiger partial charge in [0, 0.05) is 44.0 Å². The molecule has 8 heteroatoms. The smallest absolute Gasteiger partial charge is 0.387 e. The van der Waals surface area contributed by atoms with Gasteiger partial charge in [-0.1, -0.05) is 0 Å². The summed E-state index contributed by atoms with van der Waals surface area (Å²) in [6.45, 7) is -0.836. The van der Waals surface area contributed by atoms with Crippen LogP contribution in [0.25, 0.3) is 0 Å². The van der Waals surface area contributed by atoms with E-state index < -0.39 is 22.9 Å². The van der Waals surface area contributed by atoms with Crippen molar-refractivity contribution in [3.8, 4) is 5.75 Å². The van der Waals surface area contributed by atoms with E-state index in [9.17, 15) is 18.9 Å². The van der Waals surface area contributed by atoms with Gasteiger partial charge in [0.05, 0.1) is 4.92 Å².